The molecule has 0 radical (unpaired) electrons. The van der Waals surface area contributed by atoms with Gasteiger partial charge in [0.1, 0.15) is 5.82 Å². The number of benzene rings is 2. The van der Waals surface area contributed by atoms with Crippen LogP contribution >= 0.6 is 0 Å². The van der Waals surface area contributed by atoms with Gasteiger partial charge in [-0.1, -0.05) is 30.7 Å². The Balaban J connectivity index is 1.88. The van der Waals surface area contributed by atoms with Gasteiger partial charge in [0.05, 0.1) is 0 Å². The molecule has 2 N–H and O–H groups in total. The quantitative estimate of drug-likeness (QED) is 0.678. The first-order valence-electron chi connectivity index (χ1n) is 6.85. The molecule has 3 heteroatoms. The topological polar surface area (TPSA) is 43.1 Å². The maximum absolute atomic E-state index is 13.2. The van der Waals surface area contributed by atoms with E-state index >= 15 is 0 Å². The second-order valence-corrected chi connectivity index (χ2v) is 5.31. The summed E-state index contributed by atoms with van der Waals surface area (Å²) in [5.74, 6) is -0.0470. The molecular formula is C17H16FNO. The molecule has 2 aromatic rings. The second kappa shape index (κ2) is 5.08. The van der Waals surface area contributed by atoms with E-state index in [0.717, 1.165) is 0 Å². The summed E-state index contributed by atoms with van der Waals surface area (Å²) < 4.78 is 13.2. The maximum Gasteiger partial charge on any atom is 0.195 e. The summed E-state index contributed by atoms with van der Waals surface area (Å²) in [4.78, 5) is 12.3. The highest BCUT2D eigenvalue weighted by molar-refractivity contribution is 6.12. The van der Waals surface area contributed by atoms with Crippen LogP contribution in [0.5, 0.6) is 0 Å². The van der Waals surface area contributed by atoms with Gasteiger partial charge in [-0.15, -0.1) is 0 Å². The summed E-state index contributed by atoms with van der Waals surface area (Å²) in [6.07, 6.45) is 3.74. The van der Waals surface area contributed by atoms with Crippen molar-refractivity contribution in [2.24, 2.45) is 0 Å². The van der Waals surface area contributed by atoms with Crippen LogP contribution in [0, 0.1) is 5.82 Å². The first-order chi connectivity index (χ1) is 9.65. The Morgan fingerprint density at radius 2 is 1.80 bits per heavy atom. The first kappa shape index (κ1) is 12.9. The molecule has 2 nitrogen and oxygen atoms in total. The van der Waals surface area contributed by atoms with Crippen LogP contribution in [0.25, 0.3) is 0 Å². The van der Waals surface area contributed by atoms with Gasteiger partial charge < -0.3 is 5.73 Å². The van der Waals surface area contributed by atoms with E-state index in [1.54, 1.807) is 12.1 Å². The fraction of sp³-hybridized carbons (Fsp3) is 0.235. The van der Waals surface area contributed by atoms with Crippen LogP contribution in [-0.2, 0) is 0 Å². The Bertz CT molecular complexity index is 645. The Hall–Kier alpha value is -2.16. The van der Waals surface area contributed by atoms with E-state index in [2.05, 4.69) is 0 Å². The van der Waals surface area contributed by atoms with E-state index < -0.39 is 5.82 Å². The average molecular weight is 269 g/mol. The molecule has 0 atom stereocenters. The highest BCUT2D eigenvalue weighted by atomic mass is 19.1. The van der Waals surface area contributed by atoms with Crippen LogP contribution in [0.4, 0.5) is 10.1 Å². The summed E-state index contributed by atoms with van der Waals surface area (Å²) >= 11 is 0. The van der Waals surface area contributed by atoms with Gasteiger partial charge >= 0.3 is 0 Å². The van der Waals surface area contributed by atoms with Crippen molar-refractivity contribution in [2.45, 2.75) is 25.2 Å². The predicted molar refractivity (Wildman–Crippen MR) is 77.3 cm³/mol. The SMILES string of the molecule is Nc1ccc(F)cc1C(=O)c1ccc(C2CCC2)cc1. The highest BCUT2D eigenvalue weighted by Gasteiger charge is 2.20. The molecule has 102 valence electrons. The zero-order valence-corrected chi connectivity index (χ0v) is 11.1. The molecule has 0 saturated heterocycles. The smallest absolute Gasteiger partial charge is 0.195 e. The van der Waals surface area contributed by atoms with E-state index in [0.29, 0.717) is 17.2 Å². The second-order valence-electron chi connectivity index (χ2n) is 5.31. The summed E-state index contributed by atoms with van der Waals surface area (Å²) in [6.45, 7) is 0. The van der Waals surface area contributed by atoms with Crippen molar-refractivity contribution in [3.8, 4) is 0 Å². The van der Waals surface area contributed by atoms with Gasteiger partial charge in [0.25, 0.3) is 0 Å². The van der Waals surface area contributed by atoms with E-state index in [1.807, 2.05) is 12.1 Å². The lowest BCUT2D eigenvalue weighted by molar-refractivity contribution is 0.103. The van der Waals surface area contributed by atoms with Gasteiger partial charge in [0, 0.05) is 16.8 Å². The summed E-state index contributed by atoms with van der Waals surface area (Å²) in [5.41, 5.74) is 8.10. The van der Waals surface area contributed by atoms with Crippen LogP contribution in [0.3, 0.4) is 0 Å². The van der Waals surface area contributed by atoms with Gasteiger partial charge in [-0.2, -0.15) is 0 Å². The third-order valence-corrected chi connectivity index (χ3v) is 4.01. The molecule has 3 rings (SSSR count). The fourth-order valence-corrected chi connectivity index (χ4v) is 2.53. The van der Waals surface area contributed by atoms with Gasteiger partial charge in [-0.05, 0) is 42.5 Å². The van der Waals surface area contributed by atoms with Crippen molar-refractivity contribution >= 4 is 11.5 Å². The third kappa shape index (κ3) is 2.31. The predicted octanol–water partition coefficient (Wildman–Crippen LogP) is 3.91. The monoisotopic (exact) mass is 269 g/mol. The standard InChI is InChI=1S/C17H16FNO/c18-14-8-9-16(19)15(10-14)17(20)13-6-4-12(5-7-13)11-2-1-3-11/h4-11H,1-3,19H2. The number of hydrogen-bond acceptors (Lipinski definition) is 2. The molecule has 0 unspecified atom stereocenters. The molecule has 0 aliphatic heterocycles. The van der Waals surface area contributed by atoms with Gasteiger partial charge in [-0.25, -0.2) is 4.39 Å². The van der Waals surface area contributed by atoms with Crippen LogP contribution in [0.15, 0.2) is 42.5 Å². The lowest BCUT2D eigenvalue weighted by Crippen LogP contribution is -2.10. The van der Waals surface area contributed by atoms with Gasteiger partial charge in [-0.3, -0.25) is 4.79 Å². The number of hydrogen-bond donors (Lipinski definition) is 1. The molecule has 1 aliphatic carbocycles. The number of halogens is 1. The summed E-state index contributed by atoms with van der Waals surface area (Å²) in [6, 6.07) is 11.5. The largest absolute Gasteiger partial charge is 0.398 e. The van der Waals surface area contributed by atoms with Gasteiger partial charge in [0.15, 0.2) is 5.78 Å². The molecular weight excluding hydrogens is 253 g/mol. The zero-order chi connectivity index (χ0) is 14.1. The summed E-state index contributed by atoms with van der Waals surface area (Å²) in [7, 11) is 0. The maximum atomic E-state index is 13.2. The number of ketones is 1. The Morgan fingerprint density at radius 3 is 2.40 bits per heavy atom. The summed E-state index contributed by atoms with van der Waals surface area (Å²) in [5, 5.41) is 0. The molecule has 0 aromatic heterocycles. The van der Waals surface area contributed by atoms with Crippen molar-refractivity contribution in [3.63, 3.8) is 0 Å². The number of anilines is 1. The minimum Gasteiger partial charge on any atom is -0.398 e. The first-order valence-corrected chi connectivity index (χ1v) is 6.85. The Kier molecular flexibility index (Phi) is 3.26. The number of carbonyl (C=O) groups excluding carboxylic acids is 1. The van der Waals surface area contributed by atoms with Crippen LogP contribution in [-0.4, -0.2) is 5.78 Å². The minimum absolute atomic E-state index is 0.224. The van der Waals surface area contributed by atoms with E-state index in [4.69, 9.17) is 5.73 Å². The van der Waals surface area contributed by atoms with Gasteiger partial charge in [0.2, 0.25) is 0 Å². The van der Waals surface area contributed by atoms with Crippen molar-refractivity contribution < 1.29 is 9.18 Å². The van der Waals surface area contributed by atoms with E-state index in [9.17, 15) is 9.18 Å². The highest BCUT2D eigenvalue weighted by Crippen LogP contribution is 2.36. The number of nitrogen functional groups attached to an aromatic ring is 1. The van der Waals surface area contributed by atoms with Crippen LogP contribution in [0.1, 0.15) is 46.7 Å². The lowest BCUT2D eigenvalue weighted by atomic mass is 9.80. The average Bonchev–Trinajstić information content (AvgIpc) is 2.40. The minimum atomic E-state index is -0.450. The zero-order valence-electron chi connectivity index (χ0n) is 11.1. The number of carbonyl (C=O) groups is 1. The molecule has 0 spiro atoms. The molecule has 1 aliphatic rings. The number of rotatable bonds is 3. The van der Waals surface area contributed by atoms with E-state index in [-0.39, 0.29) is 11.3 Å². The van der Waals surface area contributed by atoms with Crippen LogP contribution in [0.2, 0.25) is 0 Å². The normalized spacial score (nSPS) is 14.8. The van der Waals surface area contributed by atoms with E-state index in [1.165, 1.54) is 43.0 Å². The van der Waals surface area contributed by atoms with Crippen molar-refractivity contribution in [3.05, 3.63) is 65.0 Å². The number of nitrogens with two attached hydrogens (primary N) is 1. The fourth-order valence-electron chi connectivity index (χ4n) is 2.53. The molecule has 2 aromatic carbocycles. The van der Waals surface area contributed by atoms with Crippen molar-refractivity contribution in [1.82, 2.24) is 0 Å². The molecule has 0 amide bonds. The Morgan fingerprint density at radius 1 is 1.10 bits per heavy atom. The Labute approximate surface area is 117 Å². The van der Waals surface area contributed by atoms with Crippen molar-refractivity contribution in [2.75, 3.05) is 5.73 Å². The molecule has 1 fully saturated rings. The van der Waals surface area contributed by atoms with Crippen molar-refractivity contribution in [1.29, 1.82) is 0 Å². The molecule has 0 heterocycles. The lowest BCUT2D eigenvalue weighted by Gasteiger charge is -2.25. The molecule has 20 heavy (non-hydrogen) atoms. The van der Waals surface area contributed by atoms with Crippen LogP contribution < -0.4 is 5.73 Å². The molecule has 1 saturated carbocycles. The third-order valence-electron chi connectivity index (χ3n) is 4.01. The molecule has 0 bridgehead atoms.